The van der Waals surface area contributed by atoms with E-state index in [4.69, 9.17) is 22.1 Å². The van der Waals surface area contributed by atoms with E-state index in [0.717, 1.165) is 10.7 Å². The summed E-state index contributed by atoms with van der Waals surface area (Å²) in [4.78, 5) is 6.40. The Morgan fingerprint density at radius 2 is 1.06 bits per heavy atom. The Bertz CT molecular complexity index is 222. The number of hydrogen-bond acceptors (Lipinski definition) is 2. The van der Waals surface area contributed by atoms with Gasteiger partial charge in [0.2, 0.25) is 0 Å². The minimum Gasteiger partial charge on any atom is -0.373 e. The maximum atomic E-state index is 7.69. The first-order valence-corrected chi connectivity index (χ1v) is 5.61. The third-order valence-corrected chi connectivity index (χ3v) is 2.36. The summed E-state index contributed by atoms with van der Waals surface area (Å²) in [5.41, 5.74) is 28.9. The van der Waals surface area contributed by atoms with Gasteiger partial charge in [0.1, 0.15) is 0 Å². The van der Waals surface area contributed by atoms with E-state index in [0.29, 0.717) is 0 Å². The molecule has 9 nitrogen and oxygen atoms in total. The number of alkyl halides is 2. The van der Waals surface area contributed by atoms with Gasteiger partial charge in [-0.2, -0.15) is 0 Å². The van der Waals surface area contributed by atoms with E-state index >= 15 is 0 Å². The Hall–Kier alpha value is -0.110. The first-order chi connectivity index (χ1) is 7.24. The third kappa shape index (κ3) is 88.4. The molecule has 0 aromatic heterocycles. The van der Waals surface area contributed by atoms with Crippen LogP contribution in [-0.2, 0) is 0 Å². The molecule has 0 atom stereocenters. The quantitative estimate of drug-likeness (QED) is 0.174. The van der Waals surface area contributed by atoms with Crippen LogP contribution in [0.2, 0.25) is 0 Å². The Kier molecular flexibility index (Phi) is 79.1. The summed E-state index contributed by atoms with van der Waals surface area (Å²) < 4.78 is 0. The van der Waals surface area contributed by atoms with Crippen molar-refractivity contribution in [1.29, 1.82) is 0 Å². The Balaban J connectivity index is -0.0000000461. The summed E-state index contributed by atoms with van der Waals surface area (Å²) >= 11 is 6.40. The molecule has 92 valence electrons. The standard InChI is InChI=1S/C2H4Br2.C2H4N6.CH4.N3.Na/c3-1-2-4;3-7-5-1-2-6-8-4;;1-3-2;/h1-2H2;1-2H2;1H4;;/q;;;-1;+1. The summed E-state index contributed by atoms with van der Waals surface area (Å²) in [6.45, 7) is 0.473. The Morgan fingerprint density at radius 3 is 1.18 bits per heavy atom. The summed E-state index contributed by atoms with van der Waals surface area (Å²) in [5, 5.41) is 8.35. The normalized spacial score (nSPS) is 5.29. The molecular formula is C5H12Br2N9Na. The van der Waals surface area contributed by atoms with Crippen molar-refractivity contribution in [1.82, 2.24) is 0 Å². The fourth-order valence-corrected chi connectivity index (χ4v) is 0.179. The predicted octanol–water partition coefficient (Wildman–Crippen LogP) is 1.89. The van der Waals surface area contributed by atoms with Crippen LogP contribution in [0.15, 0.2) is 10.2 Å². The smallest absolute Gasteiger partial charge is 0.373 e. The first kappa shape index (κ1) is 30.2. The van der Waals surface area contributed by atoms with E-state index in [1.54, 1.807) is 0 Å². The molecule has 0 amide bonds. The van der Waals surface area contributed by atoms with Crippen molar-refractivity contribution in [3.63, 3.8) is 0 Å². The van der Waals surface area contributed by atoms with E-state index in [-0.39, 0.29) is 50.1 Å². The molecule has 0 N–H and O–H groups in total. The van der Waals surface area contributed by atoms with Gasteiger partial charge in [0.25, 0.3) is 0 Å². The summed E-state index contributed by atoms with van der Waals surface area (Å²) in [6.07, 6.45) is 0. The van der Waals surface area contributed by atoms with Crippen LogP contribution in [0.25, 0.3) is 36.9 Å². The summed E-state index contributed by atoms with van der Waals surface area (Å²) in [6, 6.07) is 0. The molecule has 12 heteroatoms. The van der Waals surface area contributed by atoms with Crippen LogP contribution in [0.4, 0.5) is 0 Å². The van der Waals surface area contributed by atoms with Crippen molar-refractivity contribution in [2.24, 2.45) is 10.2 Å². The molecule has 0 saturated carbocycles. The second kappa shape index (κ2) is 44.6. The zero-order valence-electron chi connectivity index (χ0n) is 8.61. The van der Waals surface area contributed by atoms with Crippen molar-refractivity contribution >= 4 is 31.9 Å². The van der Waals surface area contributed by atoms with Gasteiger partial charge in [-0.25, -0.2) is 0 Å². The van der Waals surface area contributed by atoms with Crippen LogP contribution in [-0.4, -0.2) is 23.7 Å². The third-order valence-electron chi connectivity index (χ3n) is 0.498. The van der Waals surface area contributed by atoms with Gasteiger partial charge >= 0.3 is 29.6 Å². The fourth-order valence-electron chi connectivity index (χ4n) is 0.179. The SMILES string of the molecule is BrCCBr.C.[N-]=[N+]=NCCN=[N+]=[N-].[N-]=[N+]=[N-].[Na+]. The van der Waals surface area contributed by atoms with Crippen molar-refractivity contribution in [3.8, 4) is 0 Å². The van der Waals surface area contributed by atoms with Crippen molar-refractivity contribution in [2.45, 2.75) is 7.43 Å². The van der Waals surface area contributed by atoms with Crippen molar-refractivity contribution in [2.75, 3.05) is 23.7 Å². The molecule has 0 bridgehead atoms. The van der Waals surface area contributed by atoms with Crippen LogP contribution in [0.3, 0.4) is 0 Å². The van der Waals surface area contributed by atoms with Crippen molar-refractivity contribution in [3.05, 3.63) is 36.9 Å². The molecule has 0 spiro atoms. The minimum atomic E-state index is 0. The van der Waals surface area contributed by atoms with E-state index in [1.807, 2.05) is 0 Å². The molecule has 0 aliphatic rings. The molecule has 0 aromatic rings. The molecule has 0 fully saturated rings. The maximum Gasteiger partial charge on any atom is 1.00 e. The number of halogens is 2. The molecule has 0 unspecified atom stereocenters. The second-order valence-corrected chi connectivity index (χ2v) is 2.96. The molecule has 0 aliphatic heterocycles. The molecule has 0 radical (unpaired) electrons. The molecule has 17 heavy (non-hydrogen) atoms. The van der Waals surface area contributed by atoms with Gasteiger partial charge in [0, 0.05) is 33.6 Å². The average molecular weight is 381 g/mol. The summed E-state index contributed by atoms with van der Waals surface area (Å²) in [7, 11) is 0. The van der Waals surface area contributed by atoms with Gasteiger partial charge in [-0.1, -0.05) is 49.5 Å². The van der Waals surface area contributed by atoms with Crippen LogP contribution in [0.1, 0.15) is 7.43 Å². The fraction of sp³-hybridized carbons (Fsp3) is 1.00. The van der Waals surface area contributed by atoms with Crippen molar-refractivity contribution < 1.29 is 29.6 Å². The topological polar surface area (TPSA) is 156 Å². The summed E-state index contributed by atoms with van der Waals surface area (Å²) in [5.74, 6) is 0. The van der Waals surface area contributed by atoms with Crippen LogP contribution >= 0.6 is 31.9 Å². The van der Waals surface area contributed by atoms with Gasteiger partial charge in [0.15, 0.2) is 0 Å². The van der Waals surface area contributed by atoms with E-state index < -0.39 is 0 Å². The van der Waals surface area contributed by atoms with Gasteiger partial charge in [-0.3, -0.25) is 4.91 Å². The maximum absolute atomic E-state index is 7.69. The van der Waals surface area contributed by atoms with Gasteiger partial charge in [-0.05, 0) is 11.1 Å². The van der Waals surface area contributed by atoms with Crippen LogP contribution in [0, 0.1) is 0 Å². The Labute approximate surface area is 139 Å². The first-order valence-electron chi connectivity index (χ1n) is 3.37. The van der Waals surface area contributed by atoms with Gasteiger partial charge in [-0.15, -0.1) is 0 Å². The number of nitrogens with zero attached hydrogens (tertiary/aromatic N) is 9. The van der Waals surface area contributed by atoms with Gasteiger partial charge in [0.05, 0.1) is 0 Å². The average Bonchev–Trinajstić information content (AvgIpc) is 2.26. The van der Waals surface area contributed by atoms with Crippen LogP contribution in [0.5, 0.6) is 0 Å². The van der Waals surface area contributed by atoms with Gasteiger partial charge < -0.3 is 11.1 Å². The monoisotopic (exact) mass is 379 g/mol. The molecule has 0 aromatic carbocycles. The number of azide groups is 2. The Morgan fingerprint density at radius 1 is 0.824 bits per heavy atom. The van der Waals surface area contributed by atoms with E-state index in [9.17, 15) is 0 Å². The number of hydrogen-bond donors (Lipinski definition) is 0. The van der Waals surface area contributed by atoms with E-state index in [1.165, 1.54) is 4.91 Å². The largest absolute Gasteiger partial charge is 1.00 e. The molecule has 0 saturated heterocycles. The van der Waals surface area contributed by atoms with Crippen LogP contribution < -0.4 is 29.6 Å². The molecular weight excluding hydrogens is 369 g/mol. The molecule has 0 aliphatic carbocycles. The van der Waals surface area contributed by atoms with E-state index in [2.05, 4.69) is 51.9 Å². The zero-order valence-corrected chi connectivity index (χ0v) is 13.8. The minimum absolute atomic E-state index is 0. The molecule has 0 rings (SSSR count). The zero-order chi connectivity index (χ0) is 12.4. The molecule has 0 heterocycles. The number of rotatable bonds is 4. The predicted molar refractivity (Wildman–Crippen MR) is 72.4 cm³/mol. The second-order valence-electron chi connectivity index (χ2n) is 1.38.